The van der Waals surface area contributed by atoms with Gasteiger partial charge >= 0.3 is 0 Å². The van der Waals surface area contributed by atoms with E-state index in [1.165, 1.54) is 4.31 Å². The van der Waals surface area contributed by atoms with Crippen LogP contribution in [0.25, 0.3) is 0 Å². The predicted molar refractivity (Wildman–Crippen MR) is 78.8 cm³/mol. The highest BCUT2D eigenvalue weighted by atomic mass is 32.2. The third-order valence-corrected chi connectivity index (χ3v) is 5.90. The smallest absolute Gasteiger partial charge is 0.243 e. The van der Waals surface area contributed by atoms with Gasteiger partial charge in [0.15, 0.2) is 0 Å². The van der Waals surface area contributed by atoms with E-state index >= 15 is 0 Å². The third kappa shape index (κ3) is 3.13. The number of anilines is 1. The van der Waals surface area contributed by atoms with Gasteiger partial charge in [0.2, 0.25) is 10.0 Å². The molecule has 0 spiro atoms. The molecule has 2 rings (SSSR count). The summed E-state index contributed by atoms with van der Waals surface area (Å²) in [5.74, 6) is 0. The lowest BCUT2D eigenvalue weighted by Crippen LogP contribution is -2.34. The fourth-order valence-corrected chi connectivity index (χ4v) is 4.27. The Morgan fingerprint density at radius 3 is 2.65 bits per heavy atom. The molecule has 0 radical (unpaired) electrons. The van der Waals surface area contributed by atoms with Crippen LogP contribution in [-0.4, -0.2) is 36.5 Å². The maximum atomic E-state index is 12.7. The summed E-state index contributed by atoms with van der Waals surface area (Å²) in [4.78, 5) is 0.299. The maximum Gasteiger partial charge on any atom is 0.243 e. The molecule has 0 saturated carbocycles. The first-order valence-electron chi connectivity index (χ1n) is 6.81. The molecular weight excluding hydrogens is 276 g/mol. The zero-order valence-corrected chi connectivity index (χ0v) is 12.8. The first kappa shape index (κ1) is 15.3. The lowest BCUT2D eigenvalue weighted by atomic mass is 9.98. The molecule has 1 fully saturated rings. The van der Waals surface area contributed by atoms with E-state index in [9.17, 15) is 13.5 Å². The zero-order valence-electron chi connectivity index (χ0n) is 12.0. The van der Waals surface area contributed by atoms with Crippen LogP contribution >= 0.6 is 0 Å². The molecule has 1 aliphatic rings. The Bertz CT molecular complexity index is 596. The van der Waals surface area contributed by atoms with Crippen molar-refractivity contribution in [2.24, 2.45) is 0 Å². The number of hydrogen-bond acceptors (Lipinski definition) is 4. The molecule has 1 unspecified atom stereocenters. The Morgan fingerprint density at radius 1 is 1.30 bits per heavy atom. The third-order valence-electron chi connectivity index (χ3n) is 3.84. The van der Waals surface area contributed by atoms with E-state index in [4.69, 9.17) is 5.73 Å². The average Bonchev–Trinajstić information content (AvgIpc) is 2.50. The van der Waals surface area contributed by atoms with Gasteiger partial charge in [0.25, 0.3) is 0 Å². The molecule has 20 heavy (non-hydrogen) atoms. The van der Waals surface area contributed by atoms with Gasteiger partial charge in [-0.15, -0.1) is 0 Å². The van der Waals surface area contributed by atoms with Gasteiger partial charge in [-0.2, -0.15) is 4.31 Å². The van der Waals surface area contributed by atoms with Crippen LogP contribution in [0, 0.1) is 6.92 Å². The van der Waals surface area contributed by atoms with E-state index in [2.05, 4.69) is 0 Å². The second-order valence-corrected chi connectivity index (χ2v) is 7.69. The van der Waals surface area contributed by atoms with E-state index in [1.54, 1.807) is 32.0 Å². The average molecular weight is 298 g/mol. The Labute approximate surface area is 120 Å². The van der Waals surface area contributed by atoms with Crippen molar-refractivity contribution in [1.82, 2.24) is 4.31 Å². The molecule has 112 valence electrons. The molecule has 1 atom stereocenters. The lowest BCUT2D eigenvalue weighted by Gasteiger charge is -2.23. The van der Waals surface area contributed by atoms with Crippen LogP contribution in [0.15, 0.2) is 23.1 Å². The van der Waals surface area contributed by atoms with E-state index in [0.29, 0.717) is 48.5 Å². The van der Waals surface area contributed by atoms with Crippen molar-refractivity contribution < 1.29 is 13.5 Å². The van der Waals surface area contributed by atoms with Gasteiger partial charge in [-0.1, -0.05) is 0 Å². The van der Waals surface area contributed by atoms with Gasteiger partial charge in [-0.25, -0.2) is 8.42 Å². The van der Waals surface area contributed by atoms with Gasteiger partial charge < -0.3 is 10.8 Å². The summed E-state index contributed by atoms with van der Waals surface area (Å²) >= 11 is 0. The quantitative estimate of drug-likeness (QED) is 0.811. The minimum absolute atomic E-state index is 0.299. The maximum absolute atomic E-state index is 12.7. The first-order chi connectivity index (χ1) is 9.22. The zero-order chi connectivity index (χ0) is 15.0. The van der Waals surface area contributed by atoms with Crippen LogP contribution < -0.4 is 5.73 Å². The Morgan fingerprint density at radius 2 is 2.00 bits per heavy atom. The van der Waals surface area contributed by atoms with Crippen LogP contribution in [-0.2, 0) is 10.0 Å². The second-order valence-electron chi connectivity index (χ2n) is 5.78. The first-order valence-corrected chi connectivity index (χ1v) is 8.25. The topological polar surface area (TPSA) is 83.6 Å². The van der Waals surface area contributed by atoms with E-state index in [0.717, 1.165) is 0 Å². The van der Waals surface area contributed by atoms with Crippen molar-refractivity contribution >= 4 is 15.7 Å². The molecule has 0 amide bonds. The molecule has 1 aliphatic heterocycles. The number of nitrogens with zero attached hydrogens (tertiary/aromatic N) is 1. The Kier molecular flexibility index (Phi) is 4.09. The number of nitrogen functional groups attached to an aromatic ring is 1. The van der Waals surface area contributed by atoms with Crippen molar-refractivity contribution in [3.63, 3.8) is 0 Å². The number of rotatable bonds is 2. The number of hydrogen-bond donors (Lipinski definition) is 2. The highest BCUT2D eigenvalue weighted by molar-refractivity contribution is 7.89. The van der Waals surface area contributed by atoms with E-state index in [-0.39, 0.29) is 0 Å². The van der Waals surface area contributed by atoms with Crippen molar-refractivity contribution in [3.8, 4) is 0 Å². The highest BCUT2D eigenvalue weighted by Gasteiger charge is 2.32. The SMILES string of the molecule is Cc1cc(N)ccc1S(=O)(=O)N1CCCC(C)(O)CC1. The van der Waals surface area contributed by atoms with Gasteiger partial charge in [-0.05, 0) is 56.9 Å². The molecule has 1 heterocycles. The predicted octanol–water partition coefficient (Wildman–Crippen LogP) is 1.50. The molecule has 1 saturated heterocycles. The summed E-state index contributed by atoms with van der Waals surface area (Å²) in [6.45, 7) is 4.30. The highest BCUT2D eigenvalue weighted by Crippen LogP contribution is 2.27. The van der Waals surface area contributed by atoms with Crippen molar-refractivity contribution in [3.05, 3.63) is 23.8 Å². The molecule has 0 aromatic heterocycles. The summed E-state index contributed by atoms with van der Waals surface area (Å²) in [5, 5.41) is 10.1. The van der Waals surface area contributed by atoms with Gasteiger partial charge in [-0.3, -0.25) is 0 Å². The van der Waals surface area contributed by atoms with Crippen molar-refractivity contribution in [2.75, 3.05) is 18.8 Å². The Hall–Kier alpha value is -1.11. The molecule has 6 heteroatoms. The monoisotopic (exact) mass is 298 g/mol. The minimum atomic E-state index is -3.52. The van der Waals surface area contributed by atoms with Crippen LogP contribution in [0.1, 0.15) is 31.7 Å². The van der Waals surface area contributed by atoms with Crippen LogP contribution in [0.3, 0.4) is 0 Å². The second kappa shape index (κ2) is 5.35. The van der Waals surface area contributed by atoms with Crippen molar-refractivity contribution in [1.29, 1.82) is 0 Å². The molecule has 3 N–H and O–H groups in total. The summed E-state index contributed by atoms with van der Waals surface area (Å²) in [5.41, 5.74) is 6.10. The van der Waals surface area contributed by atoms with Crippen molar-refractivity contribution in [2.45, 2.75) is 43.6 Å². The number of sulfonamides is 1. The summed E-state index contributed by atoms with van der Waals surface area (Å²) in [7, 11) is -3.52. The summed E-state index contributed by atoms with van der Waals surface area (Å²) in [6.07, 6.45) is 1.75. The Balaban J connectivity index is 2.30. The largest absolute Gasteiger partial charge is 0.399 e. The minimum Gasteiger partial charge on any atom is -0.399 e. The van der Waals surface area contributed by atoms with Crippen LogP contribution in [0.2, 0.25) is 0 Å². The summed E-state index contributed by atoms with van der Waals surface area (Å²) in [6, 6.07) is 4.83. The van der Waals surface area contributed by atoms with E-state index < -0.39 is 15.6 Å². The van der Waals surface area contributed by atoms with Gasteiger partial charge in [0.05, 0.1) is 10.5 Å². The van der Waals surface area contributed by atoms with E-state index in [1.807, 2.05) is 0 Å². The number of nitrogens with two attached hydrogens (primary N) is 1. The molecule has 0 aliphatic carbocycles. The fourth-order valence-electron chi connectivity index (χ4n) is 2.58. The summed E-state index contributed by atoms with van der Waals surface area (Å²) < 4.78 is 26.8. The molecule has 1 aromatic rings. The fraction of sp³-hybridized carbons (Fsp3) is 0.571. The normalized spacial score (nSPS) is 25.4. The standard InChI is InChI=1S/C14H22N2O3S/c1-11-10-12(15)4-5-13(11)20(18,19)16-8-3-6-14(2,17)7-9-16/h4-5,10,17H,3,6-9,15H2,1-2H3. The molecule has 0 bridgehead atoms. The molecule has 1 aromatic carbocycles. The number of aliphatic hydroxyl groups is 1. The van der Waals surface area contributed by atoms with Gasteiger partial charge in [0, 0.05) is 18.8 Å². The number of aryl methyl sites for hydroxylation is 1. The lowest BCUT2D eigenvalue weighted by molar-refractivity contribution is 0.0465. The molecule has 5 nitrogen and oxygen atoms in total. The van der Waals surface area contributed by atoms with Crippen LogP contribution in [0.4, 0.5) is 5.69 Å². The van der Waals surface area contributed by atoms with Gasteiger partial charge in [0.1, 0.15) is 0 Å². The number of benzene rings is 1. The van der Waals surface area contributed by atoms with Crippen LogP contribution in [0.5, 0.6) is 0 Å². The molecular formula is C14H22N2O3S.